The molecule has 1 aromatic heterocycles. The van der Waals surface area contributed by atoms with Crippen molar-refractivity contribution in [3.63, 3.8) is 0 Å². The van der Waals surface area contributed by atoms with Gasteiger partial charge >= 0.3 is 0 Å². The average molecular weight is 246 g/mol. The lowest BCUT2D eigenvalue weighted by Gasteiger charge is -2.22. The zero-order valence-electron chi connectivity index (χ0n) is 10.1. The van der Waals surface area contributed by atoms with E-state index in [4.69, 9.17) is 10.5 Å². The maximum absolute atomic E-state index is 13.1. The van der Waals surface area contributed by atoms with Crippen LogP contribution >= 0.6 is 0 Å². The molecule has 0 saturated heterocycles. The summed E-state index contributed by atoms with van der Waals surface area (Å²) in [5.74, 6) is 0.128. The molecule has 0 amide bonds. The molecule has 0 aliphatic heterocycles. The van der Waals surface area contributed by atoms with Gasteiger partial charge in [0.1, 0.15) is 17.7 Å². The van der Waals surface area contributed by atoms with Crippen LogP contribution in [0.25, 0.3) is 0 Å². The molecule has 94 valence electrons. The number of ether oxygens (including phenoxy) is 1. The van der Waals surface area contributed by atoms with Crippen LogP contribution in [0.2, 0.25) is 0 Å². The zero-order valence-corrected chi connectivity index (χ0v) is 10.1. The summed E-state index contributed by atoms with van der Waals surface area (Å²) in [5.41, 5.74) is 6.78. The number of nitrogens with zero attached hydrogens (tertiary/aromatic N) is 1. The molecule has 18 heavy (non-hydrogen) atoms. The van der Waals surface area contributed by atoms with Crippen molar-refractivity contribution in [1.29, 1.82) is 0 Å². The minimum atomic E-state index is -0.347. The average Bonchev–Trinajstić information content (AvgIpc) is 2.37. The standard InChI is InChI=1S/C14H15FN2O/c1-10(16)14(11-4-3-7-17-9-11)18-13-6-2-5-12(15)8-13/h2-10,14H,16H2,1H3. The third kappa shape index (κ3) is 3.05. The molecule has 1 heterocycles. The van der Waals surface area contributed by atoms with Gasteiger partial charge in [0.05, 0.1) is 0 Å². The van der Waals surface area contributed by atoms with E-state index in [-0.39, 0.29) is 18.0 Å². The highest BCUT2D eigenvalue weighted by Crippen LogP contribution is 2.24. The first-order valence-electron chi connectivity index (χ1n) is 5.74. The number of pyridine rings is 1. The second kappa shape index (κ2) is 5.60. The van der Waals surface area contributed by atoms with Crippen molar-refractivity contribution in [1.82, 2.24) is 4.98 Å². The van der Waals surface area contributed by atoms with Crippen LogP contribution in [0.5, 0.6) is 5.75 Å². The number of aromatic nitrogens is 1. The van der Waals surface area contributed by atoms with Crippen molar-refractivity contribution in [2.24, 2.45) is 5.73 Å². The molecular weight excluding hydrogens is 231 g/mol. The Bertz CT molecular complexity index is 502. The van der Waals surface area contributed by atoms with Gasteiger partial charge in [-0.25, -0.2) is 4.39 Å². The maximum Gasteiger partial charge on any atom is 0.140 e. The Morgan fingerprint density at radius 3 is 2.72 bits per heavy atom. The van der Waals surface area contributed by atoms with Gasteiger partial charge in [-0.05, 0) is 25.1 Å². The van der Waals surface area contributed by atoms with Crippen LogP contribution in [-0.2, 0) is 0 Å². The van der Waals surface area contributed by atoms with Gasteiger partial charge in [0.2, 0.25) is 0 Å². The third-order valence-electron chi connectivity index (χ3n) is 2.55. The second-order valence-corrected chi connectivity index (χ2v) is 4.14. The number of nitrogens with two attached hydrogens (primary N) is 1. The monoisotopic (exact) mass is 246 g/mol. The summed E-state index contributed by atoms with van der Waals surface area (Å²) < 4.78 is 18.8. The molecule has 0 bridgehead atoms. The fourth-order valence-electron chi connectivity index (χ4n) is 1.71. The summed E-state index contributed by atoms with van der Waals surface area (Å²) in [5, 5.41) is 0. The molecule has 4 heteroatoms. The lowest BCUT2D eigenvalue weighted by Crippen LogP contribution is -2.29. The van der Waals surface area contributed by atoms with Gasteiger partial charge in [0, 0.05) is 30.1 Å². The van der Waals surface area contributed by atoms with E-state index in [1.807, 2.05) is 19.1 Å². The molecule has 0 aliphatic rings. The number of hydrogen-bond acceptors (Lipinski definition) is 3. The zero-order chi connectivity index (χ0) is 13.0. The van der Waals surface area contributed by atoms with Gasteiger partial charge in [0.15, 0.2) is 0 Å². The predicted octanol–water partition coefficient (Wildman–Crippen LogP) is 2.69. The summed E-state index contributed by atoms with van der Waals surface area (Å²) >= 11 is 0. The van der Waals surface area contributed by atoms with Crippen molar-refractivity contribution < 1.29 is 9.13 Å². The van der Waals surface area contributed by atoms with Gasteiger partial charge in [-0.2, -0.15) is 0 Å². The Labute approximate surface area is 105 Å². The van der Waals surface area contributed by atoms with Crippen molar-refractivity contribution in [2.45, 2.75) is 19.1 Å². The van der Waals surface area contributed by atoms with Gasteiger partial charge in [-0.15, -0.1) is 0 Å². The van der Waals surface area contributed by atoms with Gasteiger partial charge in [-0.1, -0.05) is 12.1 Å². The third-order valence-corrected chi connectivity index (χ3v) is 2.55. The van der Waals surface area contributed by atoms with Gasteiger partial charge in [0.25, 0.3) is 0 Å². The Morgan fingerprint density at radius 1 is 1.28 bits per heavy atom. The van der Waals surface area contributed by atoms with E-state index < -0.39 is 0 Å². The molecule has 3 nitrogen and oxygen atoms in total. The molecule has 2 unspecified atom stereocenters. The van der Waals surface area contributed by atoms with E-state index in [2.05, 4.69) is 4.98 Å². The Balaban J connectivity index is 2.22. The quantitative estimate of drug-likeness (QED) is 0.902. The van der Waals surface area contributed by atoms with Crippen molar-refractivity contribution in [3.8, 4) is 5.75 Å². The molecule has 2 rings (SSSR count). The molecule has 0 saturated carbocycles. The van der Waals surface area contributed by atoms with E-state index in [0.29, 0.717) is 5.75 Å². The fraction of sp³-hybridized carbons (Fsp3) is 0.214. The van der Waals surface area contributed by atoms with Crippen molar-refractivity contribution in [2.75, 3.05) is 0 Å². The summed E-state index contributed by atoms with van der Waals surface area (Å²) in [6.07, 6.45) is 3.04. The first-order valence-corrected chi connectivity index (χ1v) is 5.74. The lowest BCUT2D eigenvalue weighted by molar-refractivity contribution is 0.179. The highest BCUT2D eigenvalue weighted by atomic mass is 19.1. The van der Waals surface area contributed by atoms with E-state index in [0.717, 1.165) is 5.56 Å². The molecule has 0 aliphatic carbocycles. The first-order chi connectivity index (χ1) is 8.66. The molecule has 2 atom stereocenters. The number of benzene rings is 1. The Kier molecular flexibility index (Phi) is 3.89. The molecule has 2 N–H and O–H groups in total. The van der Waals surface area contributed by atoms with Crippen LogP contribution in [0.4, 0.5) is 4.39 Å². The van der Waals surface area contributed by atoms with Crippen LogP contribution in [0, 0.1) is 5.82 Å². The maximum atomic E-state index is 13.1. The smallest absolute Gasteiger partial charge is 0.140 e. The molecule has 0 spiro atoms. The minimum absolute atomic E-state index is 0.225. The van der Waals surface area contributed by atoms with Crippen molar-refractivity contribution in [3.05, 3.63) is 60.2 Å². The minimum Gasteiger partial charge on any atom is -0.484 e. The molecule has 0 radical (unpaired) electrons. The second-order valence-electron chi connectivity index (χ2n) is 4.14. The van der Waals surface area contributed by atoms with Crippen LogP contribution < -0.4 is 10.5 Å². The van der Waals surface area contributed by atoms with E-state index in [1.54, 1.807) is 24.5 Å². The lowest BCUT2D eigenvalue weighted by atomic mass is 10.1. The van der Waals surface area contributed by atoms with Crippen LogP contribution in [0.3, 0.4) is 0 Å². The van der Waals surface area contributed by atoms with Crippen molar-refractivity contribution >= 4 is 0 Å². The number of rotatable bonds is 4. The van der Waals surface area contributed by atoms with Gasteiger partial charge < -0.3 is 10.5 Å². The first kappa shape index (κ1) is 12.5. The van der Waals surface area contributed by atoms with E-state index >= 15 is 0 Å². The SMILES string of the molecule is CC(N)C(Oc1cccc(F)c1)c1cccnc1. The highest BCUT2D eigenvalue weighted by molar-refractivity contribution is 5.25. The fourth-order valence-corrected chi connectivity index (χ4v) is 1.71. The predicted molar refractivity (Wildman–Crippen MR) is 67.7 cm³/mol. The summed E-state index contributed by atoms with van der Waals surface area (Å²) in [6.45, 7) is 1.84. The highest BCUT2D eigenvalue weighted by Gasteiger charge is 2.18. The normalized spacial score (nSPS) is 13.9. The number of hydrogen-bond donors (Lipinski definition) is 1. The molecule has 1 aromatic carbocycles. The summed E-state index contributed by atoms with van der Waals surface area (Å²) in [6, 6.07) is 9.50. The van der Waals surface area contributed by atoms with Crippen LogP contribution in [0.15, 0.2) is 48.8 Å². The Hall–Kier alpha value is -1.94. The molecular formula is C14H15FN2O. The van der Waals surface area contributed by atoms with E-state index in [9.17, 15) is 4.39 Å². The van der Waals surface area contributed by atoms with Crippen LogP contribution in [0.1, 0.15) is 18.6 Å². The van der Waals surface area contributed by atoms with Gasteiger partial charge in [-0.3, -0.25) is 4.98 Å². The largest absolute Gasteiger partial charge is 0.484 e. The Morgan fingerprint density at radius 2 is 2.11 bits per heavy atom. The van der Waals surface area contributed by atoms with Crippen LogP contribution in [-0.4, -0.2) is 11.0 Å². The molecule has 2 aromatic rings. The summed E-state index contributed by atoms with van der Waals surface area (Å²) in [7, 11) is 0. The topological polar surface area (TPSA) is 48.1 Å². The number of halogens is 1. The summed E-state index contributed by atoms with van der Waals surface area (Å²) in [4.78, 5) is 4.04. The van der Waals surface area contributed by atoms with E-state index in [1.165, 1.54) is 12.1 Å². The molecule has 0 fully saturated rings.